The fourth-order valence-corrected chi connectivity index (χ4v) is 3.83. The molecule has 0 aromatic heterocycles. The highest BCUT2D eigenvalue weighted by Crippen LogP contribution is 2.40. The van der Waals surface area contributed by atoms with E-state index in [1.165, 1.54) is 6.07 Å². The van der Waals surface area contributed by atoms with E-state index >= 15 is 0 Å². The van der Waals surface area contributed by atoms with Gasteiger partial charge in [-0.25, -0.2) is 13.8 Å². The Hall–Kier alpha value is -1.84. The minimum Gasteiger partial charge on any atom is -0.354 e. The highest BCUT2D eigenvalue weighted by atomic mass is 32.2. The van der Waals surface area contributed by atoms with Gasteiger partial charge in [-0.05, 0) is 17.5 Å². The summed E-state index contributed by atoms with van der Waals surface area (Å²) >= 11 is 0. The summed E-state index contributed by atoms with van der Waals surface area (Å²) in [4.78, 5) is 4.38. The zero-order chi connectivity index (χ0) is 16.5. The van der Waals surface area contributed by atoms with Crippen LogP contribution in [0.5, 0.6) is 0 Å². The van der Waals surface area contributed by atoms with E-state index in [0.717, 1.165) is 12.1 Å². The summed E-state index contributed by atoms with van der Waals surface area (Å²) in [6.45, 7) is 5.83. The lowest BCUT2D eigenvalue weighted by Crippen LogP contribution is -2.08. The molecule has 0 amide bonds. The van der Waals surface area contributed by atoms with E-state index in [2.05, 4.69) is 4.99 Å². The van der Waals surface area contributed by atoms with Crippen molar-refractivity contribution in [3.05, 3.63) is 46.5 Å². The molecule has 1 aliphatic heterocycles. The second kappa shape index (κ2) is 6.11. The maximum absolute atomic E-state index is 13.9. The summed E-state index contributed by atoms with van der Waals surface area (Å²) in [7, 11) is -1.10. The lowest BCUT2D eigenvalue weighted by Gasteiger charge is -2.16. The van der Waals surface area contributed by atoms with Crippen LogP contribution in [0.2, 0.25) is 0 Å². The molecule has 1 aromatic rings. The van der Waals surface area contributed by atoms with Gasteiger partial charge in [-0.2, -0.15) is 5.26 Å². The SMILES string of the molecule is CC(C)(C)C1=CS(=C(O)c2c(F)cccc2F)C(CC#N)=N1. The second-order valence-corrected chi connectivity index (χ2v) is 7.60. The molecule has 1 atom stereocenters. The van der Waals surface area contributed by atoms with Crippen molar-refractivity contribution in [2.24, 2.45) is 10.4 Å². The number of rotatable bonds is 2. The van der Waals surface area contributed by atoms with E-state index in [0.29, 0.717) is 10.7 Å². The van der Waals surface area contributed by atoms with Crippen LogP contribution < -0.4 is 0 Å². The summed E-state index contributed by atoms with van der Waals surface area (Å²) in [6, 6.07) is 5.39. The molecule has 0 radical (unpaired) electrons. The topological polar surface area (TPSA) is 56.4 Å². The third-order valence-electron chi connectivity index (χ3n) is 3.11. The number of allylic oxidation sites excluding steroid dienone is 1. The van der Waals surface area contributed by atoms with Gasteiger partial charge in [0.25, 0.3) is 0 Å². The van der Waals surface area contributed by atoms with Crippen molar-refractivity contribution in [1.82, 2.24) is 0 Å². The molecule has 1 unspecified atom stereocenters. The number of aliphatic hydroxyl groups excluding tert-OH is 1. The van der Waals surface area contributed by atoms with Gasteiger partial charge in [0.15, 0.2) is 0 Å². The number of aliphatic imine (C=N–C) groups is 1. The highest BCUT2D eigenvalue weighted by molar-refractivity contribution is 8.31. The van der Waals surface area contributed by atoms with Crippen LogP contribution in [0, 0.1) is 28.4 Å². The molecule has 3 nitrogen and oxygen atoms in total. The molecule has 1 N–H and O–H groups in total. The van der Waals surface area contributed by atoms with Crippen molar-refractivity contribution in [1.29, 1.82) is 5.26 Å². The third-order valence-corrected chi connectivity index (χ3v) is 4.94. The molecular formula is C16H16F2N2OS. The van der Waals surface area contributed by atoms with E-state index in [1.54, 1.807) is 5.41 Å². The Balaban J connectivity index is 2.65. The van der Waals surface area contributed by atoms with Gasteiger partial charge >= 0.3 is 0 Å². The molecule has 0 saturated heterocycles. The van der Waals surface area contributed by atoms with E-state index in [1.807, 2.05) is 26.8 Å². The lowest BCUT2D eigenvalue weighted by atomic mass is 9.93. The number of nitrogens with zero attached hydrogens (tertiary/aromatic N) is 2. The minimum atomic E-state index is -1.10. The predicted octanol–water partition coefficient (Wildman–Crippen LogP) is 4.48. The van der Waals surface area contributed by atoms with Gasteiger partial charge in [-0.3, -0.25) is 0 Å². The number of halogens is 2. The first-order valence-corrected chi connectivity index (χ1v) is 7.94. The van der Waals surface area contributed by atoms with Crippen molar-refractivity contribution in [3.63, 3.8) is 0 Å². The van der Waals surface area contributed by atoms with Gasteiger partial charge in [-0.1, -0.05) is 37.3 Å². The third kappa shape index (κ3) is 3.16. The predicted molar refractivity (Wildman–Crippen MR) is 85.9 cm³/mol. The zero-order valence-electron chi connectivity index (χ0n) is 12.5. The molecule has 1 aromatic carbocycles. The molecule has 0 fully saturated rings. The average molecular weight is 322 g/mol. The summed E-state index contributed by atoms with van der Waals surface area (Å²) in [6.07, 6.45) is -0.000672. The van der Waals surface area contributed by atoms with E-state index < -0.39 is 32.7 Å². The summed E-state index contributed by atoms with van der Waals surface area (Å²) in [5.74, 6) is -1.67. The molecule has 2 rings (SSSR count). The van der Waals surface area contributed by atoms with Crippen molar-refractivity contribution >= 4 is 20.6 Å². The molecular weight excluding hydrogens is 306 g/mol. The van der Waals surface area contributed by atoms with Gasteiger partial charge in [0.05, 0.1) is 28.8 Å². The quantitative estimate of drug-likeness (QED) is 0.816. The Morgan fingerprint density at radius 1 is 1.32 bits per heavy atom. The van der Waals surface area contributed by atoms with Crippen LogP contribution in [-0.2, 0) is 0 Å². The van der Waals surface area contributed by atoms with Crippen molar-refractivity contribution in [3.8, 4) is 6.07 Å². The number of benzene rings is 1. The van der Waals surface area contributed by atoms with Gasteiger partial charge in [0, 0.05) is 5.41 Å². The smallest absolute Gasteiger partial charge is 0.136 e. The van der Waals surface area contributed by atoms with Crippen LogP contribution >= 0.6 is 10.5 Å². The molecule has 1 aliphatic rings. The Labute approximate surface area is 130 Å². The molecule has 0 aliphatic carbocycles. The number of hydrogen-bond donors (Lipinski definition) is 1. The normalized spacial score (nSPS) is 18.6. The fourth-order valence-electron chi connectivity index (χ4n) is 1.90. The molecule has 0 saturated carbocycles. The number of hydrogen-bond acceptors (Lipinski definition) is 2. The fraction of sp³-hybridized carbons (Fsp3) is 0.312. The second-order valence-electron chi connectivity index (χ2n) is 5.83. The van der Waals surface area contributed by atoms with Crippen molar-refractivity contribution in [2.45, 2.75) is 27.2 Å². The largest absolute Gasteiger partial charge is 0.354 e. The Kier molecular flexibility index (Phi) is 4.59. The lowest BCUT2D eigenvalue weighted by molar-refractivity contribution is 0.500. The number of aliphatic hydroxyl groups is 1. The van der Waals surface area contributed by atoms with Crippen LogP contribution in [0.15, 0.2) is 34.3 Å². The molecule has 0 spiro atoms. The van der Waals surface area contributed by atoms with E-state index in [9.17, 15) is 13.9 Å². The minimum absolute atomic E-state index is 0.000672. The van der Waals surface area contributed by atoms with Gasteiger partial charge < -0.3 is 5.11 Å². The average Bonchev–Trinajstić information content (AvgIpc) is 2.83. The Bertz CT molecular complexity index is 732. The first-order chi connectivity index (χ1) is 10.3. The standard InChI is InChI=1S/C16H16F2N2OS/c1-16(2,3)12-9-22(13(20-12)7-8-19)15(21)14-10(17)5-4-6-11(14)18/h4-6,9,21H,7H2,1-3H3. The van der Waals surface area contributed by atoms with Crippen LogP contribution in [0.1, 0.15) is 32.8 Å². The summed E-state index contributed by atoms with van der Waals surface area (Å²) in [5.41, 5.74) is -0.0384. The van der Waals surface area contributed by atoms with Crippen molar-refractivity contribution in [2.75, 3.05) is 0 Å². The van der Waals surface area contributed by atoms with Crippen LogP contribution in [0.25, 0.3) is 0 Å². The maximum atomic E-state index is 13.9. The first-order valence-electron chi connectivity index (χ1n) is 6.66. The van der Waals surface area contributed by atoms with Crippen LogP contribution in [0.4, 0.5) is 8.78 Å². The van der Waals surface area contributed by atoms with Crippen molar-refractivity contribution < 1.29 is 13.9 Å². The Morgan fingerprint density at radius 3 is 2.41 bits per heavy atom. The van der Waals surface area contributed by atoms with Crippen LogP contribution in [-0.4, -0.2) is 15.2 Å². The van der Waals surface area contributed by atoms with Gasteiger partial charge in [0.2, 0.25) is 0 Å². The van der Waals surface area contributed by atoms with Gasteiger partial charge in [-0.15, -0.1) is 0 Å². The summed E-state index contributed by atoms with van der Waals surface area (Å²) in [5, 5.41) is 21.0. The highest BCUT2D eigenvalue weighted by Gasteiger charge is 2.26. The zero-order valence-corrected chi connectivity index (χ0v) is 13.3. The first kappa shape index (κ1) is 16.5. The Morgan fingerprint density at radius 2 is 1.91 bits per heavy atom. The molecule has 6 heteroatoms. The number of nitriles is 1. The molecule has 0 bridgehead atoms. The molecule has 1 heterocycles. The van der Waals surface area contributed by atoms with E-state index in [4.69, 9.17) is 5.26 Å². The maximum Gasteiger partial charge on any atom is 0.136 e. The van der Waals surface area contributed by atoms with E-state index in [-0.39, 0.29) is 11.8 Å². The van der Waals surface area contributed by atoms with Crippen LogP contribution in [0.3, 0.4) is 0 Å². The monoisotopic (exact) mass is 322 g/mol. The molecule has 116 valence electrons. The van der Waals surface area contributed by atoms with Gasteiger partial charge in [0.1, 0.15) is 16.7 Å². The summed E-state index contributed by atoms with van der Waals surface area (Å²) < 4.78 is 27.7. The molecule has 22 heavy (non-hydrogen) atoms.